The molecule has 0 fully saturated rings. The molecule has 0 aromatic heterocycles. The van der Waals surface area contributed by atoms with Crippen molar-refractivity contribution in [3.63, 3.8) is 0 Å². The van der Waals surface area contributed by atoms with E-state index in [9.17, 15) is 24.0 Å². The minimum Gasteiger partial charge on any atom is -0.404 e. The van der Waals surface area contributed by atoms with Crippen LogP contribution >= 0.6 is 15.4 Å². The summed E-state index contributed by atoms with van der Waals surface area (Å²) in [6.45, 7) is 12.1. The van der Waals surface area contributed by atoms with Crippen molar-refractivity contribution in [2.45, 2.75) is 72.5 Å². The van der Waals surface area contributed by atoms with Crippen LogP contribution < -0.4 is 9.83 Å². The van der Waals surface area contributed by atoms with Crippen LogP contribution in [0.2, 0.25) is 0 Å². The van der Waals surface area contributed by atoms with E-state index in [4.69, 9.17) is 13.6 Å². The molecule has 162 valence electrons. The molecule has 0 aliphatic carbocycles. The first-order chi connectivity index (χ1) is 12.6. The molecule has 0 aliphatic rings. The summed E-state index contributed by atoms with van der Waals surface area (Å²) in [7, 11) is -8.66. The van der Waals surface area contributed by atoms with E-state index in [0.717, 1.165) is 0 Å². The van der Waals surface area contributed by atoms with Gasteiger partial charge in [-0.25, -0.2) is 4.57 Å². The molecule has 0 amide bonds. The van der Waals surface area contributed by atoms with Crippen LogP contribution in [0.4, 0.5) is 0 Å². The van der Waals surface area contributed by atoms with E-state index in [-0.39, 0.29) is 17.7 Å². The van der Waals surface area contributed by atoms with Gasteiger partial charge in [0.05, 0.1) is 17.5 Å². The Morgan fingerprint density at radius 1 is 1.04 bits per heavy atom. The van der Waals surface area contributed by atoms with Crippen LogP contribution in [0.25, 0.3) is 0 Å². The van der Waals surface area contributed by atoms with Crippen LogP contribution in [0.15, 0.2) is 12.1 Å². The average molecular weight is 438 g/mol. The van der Waals surface area contributed by atoms with E-state index < -0.39 is 33.0 Å². The topological polar surface area (TPSA) is 123 Å². The lowest BCUT2D eigenvalue weighted by molar-refractivity contribution is 0.150. The van der Waals surface area contributed by atoms with E-state index >= 15 is 0 Å². The van der Waals surface area contributed by atoms with Crippen LogP contribution in [0.1, 0.15) is 59.1 Å². The number of aliphatic hydroxyl groups is 1. The Morgan fingerprint density at radius 3 is 1.93 bits per heavy atom. The Hall–Kier alpha value is -0.720. The Labute approximate surface area is 167 Å². The minimum atomic E-state index is -4.88. The van der Waals surface area contributed by atoms with Gasteiger partial charge in [0.15, 0.2) is 0 Å². The zero-order valence-corrected chi connectivity index (χ0v) is 19.3. The molecule has 28 heavy (non-hydrogen) atoms. The number of aliphatic hydroxyl groups excluding tert-OH is 1. The van der Waals surface area contributed by atoms with Crippen molar-refractivity contribution in [2.24, 2.45) is 0 Å². The molecular formula is C18H32O8P2. The second-order valence-electron chi connectivity index (χ2n) is 7.88. The summed E-state index contributed by atoms with van der Waals surface area (Å²) in [4.78, 5) is 18.7. The molecular weight excluding hydrogens is 406 g/mol. The highest BCUT2D eigenvalue weighted by Gasteiger charge is 2.35. The van der Waals surface area contributed by atoms with Crippen LogP contribution in [0.3, 0.4) is 0 Å². The maximum atomic E-state index is 13.5. The summed E-state index contributed by atoms with van der Waals surface area (Å²) in [6, 6.07) is 2.92. The number of phosphoric ester groups is 1. The van der Waals surface area contributed by atoms with Gasteiger partial charge in [0.25, 0.3) is 0 Å². The average Bonchev–Trinajstić information content (AvgIpc) is 2.42. The standard InChI is InChI=1S/C18H32O8P2/c1-12(2)24-27(20,25-13(3)4)15-10-14(5)17(18(6,7)8-9-19)16(11-15)26-28(21,22)23/h10-13,19H,8-9H2,1-7H3,(H2,21,22,23). The summed E-state index contributed by atoms with van der Waals surface area (Å²) < 4.78 is 41.1. The molecule has 0 heterocycles. The van der Waals surface area contributed by atoms with E-state index in [1.54, 1.807) is 40.7 Å². The maximum absolute atomic E-state index is 13.5. The van der Waals surface area contributed by atoms with Crippen molar-refractivity contribution in [2.75, 3.05) is 6.61 Å². The summed E-state index contributed by atoms with van der Waals surface area (Å²) in [5.41, 5.74) is 0.456. The zero-order chi connectivity index (χ0) is 21.9. The fourth-order valence-electron chi connectivity index (χ4n) is 3.07. The molecule has 8 nitrogen and oxygen atoms in total. The number of phosphoric acid groups is 1. The third kappa shape index (κ3) is 6.96. The largest absolute Gasteiger partial charge is 0.524 e. The van der Waals surface area contributed by atoms with Crippen molar-refractivity contribution in [3.8, 4) is 5.75 Å². The van der Waals surface area contributed by atoms with E-state index in [1.807, 2.05) is 13.8 Å². The van der Waals surface area contributed by atoms with Crippen molar-refractivity contribution >= 4 is 20.7 Å². The van der Waals surface area contributed by atoms with Crippen LogP contribution in [0.5, 0.6) is 5.75 Å². The lowest BCUT2D eigenvalue weighted by Gasteiger charge is -2.30. The molecule has 0 saturated carbocycles. The van der Waals surface area contributed by atoms with Crippen LogP contribution in [-0.2, 0) is 23.6 Å². The monoisotopic (exact) mass is 438 g/mol. The van der Waals surface area contributed by atoms with Gasteiger partial charge in [-0.2, -0.15) is 0 Å². The molecule has 0 atom stereocenters. The van der Waals surface area contributed by atoms with E-state index in [1.165, 1.54) is 6.07 Å². The Kier molecular flexibility index (Phi) is 8.49. The highest BCUT2D eigenvalue weighted by molar-refractivity contribution is 7.62. The number of benzene rings is 1. The lowest BCUT2D eigenvalue weighted by atomic mass is 9.79. The molecule has 1 rings (SSSR count). The fourth-order valence-corrected chi connectivity index (χ4v) is 5.50. The molecule has 1 aromatic rings. The predicted molar refractivity (Wildman–Crippen MR) is 108 cm³/mol. The third-order valence-corrected chi connectivity index (χ3v) is 6.65. The van der Waals surface area contributed by atoms with E-state index in [2.05, 4.69) is 0 Å². The van der Waals surface area contributed by atoms with Crippen LogP contribution in [-0.4, -0.2) is 33.7 Å². The van der Waals surface area contributed by atoms with Gasteiger partial charge < -0.3 is 18.7 Å². The zero-order valence-electron chi connectivity index (χ0n) is 17.5. The van der Waals surface area contributed by atoms with Gasteiger partial charge >= 0.3 is 15.4 Å². The predicted octanol–water partition coefficient (Wildman–Crippen LogP) is 3.79. The second kappa shape index (κ2) is 9.40. The molecule has 0 spiro atoms. The molecule has 0 unspecified atom stereocenters. The summed E-state index contributed by atoms with van der Waals surface area (Å²) >= 11 is 0. The first-order valence-electron chi connectivity index (χ1n) is 9.10. The fraction of sp³-hybridized carbons (Fsp3) is 0.667. The molecule has 10 heteroatoms. The number of hydrogen-bond donors (Lipinski definition) is 3. The molecule has 1 aromatic carbocycles. The van der Waals surface area contributed by atoms with Gasteiger partial charge in [0, 0.05) is 12.2 Å². The maximum Gasteiger partial charge on any atom is 0.524 e. The number of aryl methyl sites for hydroxylation is 1. The second-order valence-corrected chi connectivity index (χ2v) is 11.0. The van der Waals surface area contributed by atoms with Gasteiger partial charge in [0.2, 0.25) is 0 Å². The summed E-state index contributed by atoms with van der Waals surface area (Å²) in [6.07, 6.45) is -0.462. The van der Waals surface area contributed by atoms with Gasteiger partial charge in [0.1, 0.15) is 5.75 Å². The first-order valence-corrected chi connectivity index (χ1v) is 12.2. The molecule has 0 radical (unpaired) electrons. The highest BCUT2D eigenvalue weighted by atomic mass is 31.2. The van der Waals surface area contributed by atoms with Crippen molar-refractivity contribution in [1.29, 1.82) is 0 Å². The smallest absolute Gasteiger partial charge is 0.404 e. The van der Waals surface area contributed by atoms with Gasteiger partial charge in [-0.3, -0.25) is 14.4 Å². The van der Waals surface area contributed by atoms with E-state index in [0.29, 0.717) is 17.5 Å². The summed E-state index contributed by atoms with van der Waals surface area (Å²) in [5.74, 6) is -0.110. The van der Waals surface area contributed by atoms with Crippen molar-refractivity contribution in [3.05, 3.63) is 23.3 Å². The van der Waals surface area contributed by atoms with Crippen molar-refractivity contribution in [1.82, 2.24) is 0 Å². The number of rotatable bonds is 10. The third-order valence-electron chi connectivity index (χ3n) is 3.93. The Morgan fingerprint density at radius 2 is 1.54 bits per heavy atom. The van der Waals surface area contributed by atoms with Gasteiger partial charge in [-0.15, -0.1) is 0 Å². The van der Waals surface area contributed by atoms with Gasteiger partial charge in [-0.05, 0) is 64.2 Å². The quantitative estimate of drug-likeness (QED) is 0.472. The number of hydrogen-bond acceptors (Lipinski definition) is 6. The van der Waals surface area contributed by atoms with Crippen LogP contribution in [0, 0.1) is 6.92 Å². The molecule has 0 saturated heterocycles. The Balaban J connectivity index is 3.71. The first kappa shape index (κ1) is 25.3. The Bertz CT molecular complexity index is 753. The molecule has 0 aliphatic heterocycles. The molecule has 3 N–H and O–H groups in total. The normalized spacial score (nSPS) is 13.4. The van der Waals surface area contributed by atoms with Gasteiger partial charge in [-0.1, -0.05) is 13.8 Å². The highest BCUT2D eigenvalue weighted by Crippen LogP contribution is 2.52. The van der Waals surface area contributed by atoms with Crippen molar-refractivity contribution < 1.29 is 37.6 Å². The molecule has 0 bridgehead atoms. The lowest BCUT2D eigenvalue weighted by Crippen LogP contribution is -2.24. The minimum absolute atomic E-state index is 0.110. The SMILES string of the molecule is Cc1cc(P(=O)(OC(C)C)OC(C)C)cc(OP(=O)(O)O)c1C(C)(C)CCO. The summed E-state index contributed by atoms with van der Waals surface area (Å²) in [5, 5.41) is 9.53.